The van der Waals surface area contributed by atoms with Gasteiger partial charge in [0.05, 0.1) is 11.5 Å². The fraction of sp³-hybridized carbons (Fsp3) is 0.778. The molecule has 0 bridgehead atoms. The highest BCUT2D eigenvalue weighted by Crippen LogP contribution is 2.31. The first-order valence-corrected chi connectivity index (χ1v) is 15.2. The van der Waals surface area contributed by atoms with Gasteiger partial charge < -0.3 is 8.85 Å². The van der Waals surface area contributed by atoms with Crippen LogP contribution in [0.4, 0.5) is 0 Å². The molecule has 0 N–H and O–H groups in total. The number of allylic oxidation sites excluding steroid dienone is 4. The predicted molar refractivity (Wildman–Crippen MR) is 104 cm³/mol. The van der Waals surface area contributed by atoms with E-state index in [2.05, 4.69) is 80.8 Å². The molecule has 0 saturated carbocycles. The molecule has 0 aromatic carbocycles. The second-order valence-corrected chi connectivity index (χ2v) is 17.3. The summed E-state index contributed by atoms with van der Waals surface area (Å²) < 4.78 is 12.3. The summed E-state index contributed by atoms with van der Waals surface area (Å²) in [5.74, 6) is 3.12. The van der Waals surface area contributed by atoms with Gasteiger partial charge in [-0.2, -0.15) is 0 Å². The van der Waals surface area contributed by atoms with Gasteiger partial charge in [0, 0.05) is 0 Å². The Morgan fingerprint density at radius 2 is 0.818 bits per heavy atom. The molecule has 0 aliphatic carbocycles. The third-order valence-electron chi connectivity index (χ3n) is 4.15. The van der Waals surface area contributed by atoms with Crippen molar-refractivity contribution in [3.8, 4) is 0 Å². The molecule has 130 valence electrons. The Hall–Kier alpha value is -0.486. The van der Waals surface area contributed by atoms with Gasteiger partial charge in [-0.25, -0.2) is 0 Å². The molecule has 0 rings (SSSR count). The van der Waals surface area contributed by atoms with E-state index in [1.54, 1.807) is 0 Å². The third kappa shape index (κ3) is 7.68. The van der Waals surface area contributed by atoms with Gasteiger partial charge in [-0.3, -0.25) is 0 Å². The maximum atomic E-state index is 6.17. The van der Waals surface area contributed by atoms with Gasteiger partial charge in [0.25, 0.3) is 0 Å². The molecule has 0 aliphatic heterocycles. The van der Waals surface area contributed by atoms with Gasteiger partial charge >= 0.3 is 0 Å². The van der Waals surface area contributed by atoms with Crippen molar-refractivity contribution in [3.63, 3.8) is 0 Å². The van der Waals surface area contributed by atoms with Crippen molar-refractivity contribution in [2.24, 2.45) is 11.8 Å². The number of hydrogen-bond acceptors (Lipinski definition) is 2. The van der Waals surface area contributed by atoms with Crippen LogP contribution < -0.4 is 0 Å². The van der Waals surface area contributed by atoms with Gasteiger partial charge in [-0.05, 0) is 90.0 Å². The molecule has 0 aromatic heterocycles. The van der Waals surface area contributed by atoms with Crippen LogP contribution in [-0.4, -0.2) is 16.6 Å². The molecule has 0 heterocycles. The SMILES string of the molecule is C/C(O[Si](C)(C)C)=C(/C)C(C)C(C)/C(C)=C(\C)O[Si](C)(C)C. The zero-order valence-electron chi connectivity index (χ0n) is 17.0. The van der Waals surface area contributed by atoms with E-state index < -0.39 is 16.6 Å². The van der Waals surface area contributed by atoms with Gasteiger partial charge in [-0.1, -0.05) is 13.8 Å². The van der Waals surface area contributed by atoms with Crippen molar-refractivity contribution in [1.82, 2.24) is 0 Å². The quantitative estimate of drug-likeness (QED) is 0.386. The van der Waals surface area contributed by atoms with E-state index in [-0.39, 0.29) is 0 Å². The first-order chi connectivity index (χ1) is 9.65. The lowest BCUT2D eigenvalue weighted by atomic mass is 9.84. The number of rotatable bonds is 7. The molecule has 2 unspecified atom stereocenters. The van der Waals surface area contributed by atoms with E-state index in [9.17, 15) is 0 Å². The molecule has 0 amide bonds. The Morgan fingerprint density at radius 1 is 0.591 bits per heavy atom. The monoisotopic (exact) mass is 342 g/mol. The predicted octanol–water partition coefficient (Wildman–Crippen LogP) is 6.55. The van der Waals surface area contributed by atoms with Crippen LogP contribution in [0.5, 0.6) is 0 Å². The fourth-order valence-corrected chi connectivity index (χ4v) is 4.63. The molecular formula is C18H38O2Si2. The van der Waals surface area contributed by atoms with Crippen LogP contribution in [-0.2, 0) is 8.85 Å². The minimum Gasteiger partial charge on any atom is -0.548 e. The molecule has 2 atom stereocenters. The first-order valence-electron chi connectivity index (χ1n) is 8.38. The van der Waals surface area contributed by atoms with Crippen LogP contribution in [0.15, 0.2) is 22.7 Å². The molecule has 4 heteroatoms. The highest BCUT2D eigenvalue weighted by atomic mass is 28.4. The van der Waals surface area contributed by atoms with Crippen LogP contribution in [0, 0.1) is 11.8 Å². The molecule has 0 aliphatic rings. The smallest absolute Gasteiger partial charge is 0.241 e. The van der Waals surface area contributed by atoms with Crippen molar-refractivity contribution in [2.75, 3.05) is 0 Å². The van der Waals surface area contributed by atoms with Crippen LogP contribution in [0.2, 0.25) is 39.3 Å². The summed E-state index contributed by atoms with van der Waals surface area (Å²) in [6.45, 7) is 26.6. The second-order valence-electron chi connectivity index (χ2n) is 8.48. The van der Waals surface area contributed by atoms with E-state index in [1.807, 2.05) is 0 Å². The summed E-state index contributed by atoms with van der Waals surface area (Å²) in [5, 5.41) is 0. The lowest BCUT2D eigenvalue weighted by Gasteiger charge is -2.29. The van der Waals surface area contributed by atoms with E-state index in [1.165, 1.54) is 11.1 Å². The molecule has 0 aromatic rings. The van der Waals surface area contributed by atoms with Gasteiger partial charge in [0.2, 0.25) is 16.6 Å². The van der Waals surface area contributed by atoms with Gasteiger partial charge in [0.1, 0.15) is 0 Å². The standard InChI is InChI=1S/C18H38O2Si2/c1-13(15(3)17(5)19-21(7,8)9)14(2)16(4)18(6)20-22(10,11)12/h13-14H,1-12H3/b17-15+,18-16+. The Bertz CT molecular complexity index is 395. The zero-order valence-corrected chi connectivity index (χ0v) is 19.0. The Morgan fingerprint density at radius 3 is 1.00 bits per heavy atom. The molecular weight excluding hydrogens is 304 g/mol. The largest absolute Gasteiger partial charge is 0.548 e. The summed E-state index contributed by atoms with van der Waals surface area (Å²) in [6, 6.07) is 0. The molecule has 0 saturated heterocycles. The lowest BCUT2D eigenvalue weighted by molar-refractivity contribution is 0.376. The minimum absolute atomic E-state index is 0.455. The highest BCUT2D eigenvalue weighted by molar-refractivity contribution is 6.70. The summed E-state index contributed by atoms with van der Waals surface area (Å²) in [5.41, 5.74) is 2.71. The van der Waals surface area contributed by atoms with Gasteiger partial charge in [0.15, 0.2) is 0 Å². The Kier molecular flexibility index (Phi) is 7.69. The lowest BCUT2D eigenvalue weighted by Crippen LogP contribution is -2.26. The van der Waals surface area contributed by atoms with Crippen molar-refractivity contribution in [1.29, 1.82) is 0 Å². The van der Waals surface area contributed by atoms with Crippen molar-refractivity contribution >= 4 is 16.6 Å². The van der Waals surface area contributed by atoms with Crippen molar-refractivity contribution in [3.05, 3.63) is 22.7 Å². The van der Waals surface area contributed by atoms with E-state index in [0.29, 0.717) is 11.8 Å². The summed E-state index contributed by atoms with van der Waals surface area (Å²) in [4.78, 5) is 0. The number of hydrogen-bond donors (Lipinski definition) is 0. The van der Waals surface area contributed by atoms with Crippen LogP contribution >= 0.6 is 0 Å². The minimum atomic E-state index is -1.53. The van der Waals surface area contributed by atoms with Gasteiger partial charge in [-0.15, -0.1) is 0 Å². The summed E-state index contributed by atoms with van der Waals surface area (Å²) >= 11 is 0. The normalized spacial score (nSPS) is 18.2. The molecule has 0 radical (unpaired) electrons. The van der Waals surface area contributed by atoms with E-state index in [4.69, 9.17) is 8.85 Å². The average Bonchev–Trinajstić information content (AvgIpc) is 2.30. The Balaban J connectivity index is 5.24. The maximum Gasteiger partial charge on any atom is 0.241 e. The second kappa shape index (κ2) is 7.87. The van der Waals surface area contributed by atoms with Crippen LogP contribution in [0.1, 0.15) is 41.5 Å². The summed E-state index contributed by atoms with van der Waals surface area (Å²) in [6.07, 6.45) is 0. The van der Waals surface area contributed by atoms with Crippen molar-refractivity contribution < 1.29 is 8.85 Å². The molecule has 0 fully saturated rings. The van der Waals surface area contributed by atoms with Crippen LogP contribution in [0.25, 0.3) is 0 Å². The molecule has 0 spiro atoms. The van der Waals surface area contributed by atoms with E-state index in [0.717, 1.165) is 11.5 Å². The zero-order chi connectivity index (χ0) is 17.9. The van der Waals surface area contributed by atoms with E-state index >= 15 is 0 Å². The third-order valence-corrected chi connectivity index (χ3v) is 5.98. The van der Waals surface area contributed by atoms with Crippen molar-refractivity contribution in [2.45, 2.75) is 80.8 Å². The molecule has 22 heavy (non-hydrogen) atoms. The Labute approximate surface area is 141 Å². The fourth-order valence-electron chi connectivity index (χ4n) is 2.47. The van der Waals surface area contributed by atoms with Crippen LogP contribution in [0.3, 0.4) is 0 Å². The molecule has 2 nitrogen and oxygen atoms in total. The first kappa shape index (κ1) is 21.5. The summed E-state index contributed by atoms with van der Waals surface area (Å²) in [7, 11) is -3.07. The maximum absolute atomic E-state index is 6.17. The topological polar surface area (TPSA) is 18.5 Å². The highest BCUT2D eigenvalue weighted by Gasteiger charge is 2.24. The average molecular weight is 343 g/mol.